The van der Waals surface area contributed by atoms with Gasteiger partial charge in [0, 0.05) is 34.9 Å². The minimum atomic E-state index is 0.0110. The summed E-state index contributed by atoms with van der Waals surface area (Å²) in [4.78, 5) is 15.0. The number of hydrogen-bond acceptors (Lipinski definition) is 3. The molecule has 0 unspecified atom stereocenters. The van der Waals surface area contributed by atoms with Crippen molar-refractivity contribution in [1.82, 2.24) is 4.90 Å². The van der Waals surface area contributed by atoms with Crippen molar-refractivity contribution in [3.63, 3.8) is 0 Å². The highest BCUT2D eigenvalue weighted by molar-refractivity contribution is 7.10. The molecule has 0 atom stereocenters. The predicted octanol–water partition coefficient (Wildman–Crippen LogP) is 2.75. The van der Waals surface area contributed by atoms with Gasteiger partial charge in [-0.15, -0.1) is 11.3 Å². The van der Waals surface area contributed by atoms with Gasteiger partial charge >= 0.3 is 0 Å². The van der Waals surface area contributed by atoms with Crippen molar-refractivity contribution in [2.75, 3.05) is 13.7 Å². The molecule has 3 nitrogen and oxygen atoms in total. The highest BCUT2D eigenvalue weighted by Gasteiger charge is 2.12. The van der Waals surface area contributed by atoms with E-state index in [1.165, 1.54) is 0 Å². The number of aliphatic hydroxyl groups is 1. The number of benzene rings is 1. The zero-order chi connectivity index (χ0) is 15.1. The standard InChI is InChI=1S/C17H17NO2S/c1-18(17(20)15-8-3-2-4-9-15)12-16-11-14(13-21-16)7-5-6-10-19/h2-4,8-9,11,13,19H,6,10,12H2,1H3. The predicted molar refractivity (Wildman–Crippen MR) is 85.1 cm³/mol. The van der Waals surface area contributed by atoms with Gasteiger partial charge in [0.1, 0.15) is 0 Å². The Morgan fingerprint density at radius 2 is 2.10 bits per heavy atom. The lowest BCUT2D eigenvalue weighted by Crippen LogP contribution is -2.25. The molecule has 1 amide bonds. The van der Waals surface area contributed by atoms with Crippen molar-refractivity contribution >= 4 is 17.2 Å². The van der Waals surface area contributed by atoms with E-state index in [4.69, 9.17) is 5.11 Å². The monoisotopic (exact) mass is 299 g/mol. The zero-order valence-electron chi connectivity index (χ0n) is 11.9. The Balaban J connectivity index is 1.99. The molecular formula is C17H17NO2S. The third kappa shape index (κ3) is 4.45. The zero-order valence-corrected chi connectivity index (χ0v) is 12.7. The van der Waals surface area contributed by atoms with E-state index in [1.807, 2.05) is 41.8 Å². The molecule has 0 fully saturated rings. The van der Waals surface area contributed by atoms with Crippen LogP contribution in [0.3, 0.4) is 0 Å². The lowest BCUT2D eigenvalue weighted by molar-refractivity contribution is 0.0786. The molecular weight excluding hydrogens is 282 g/mol. The van der Waals surface area contributed by atoms with E-state index in [-0.39, 0.29) is 12.5 Å². The van der Waals surface area contributed by atoms with Gasteiger partial charge in [0.2, 0.25) is 0 Å². The number of carbonyl (C=O) groups is 1. The Morgan fingerprint density at radius 1 is 1.33 bits per heavy atom. The second kappa shape index (κ2) is 7.63. The summed E-state index contributed by atoms with van der Waals surface area (Å²) in [6.07, 6.45) is 0.484. The highest BCUT2D eigenvalue weighted by atomic mass is 32.1. The fourth-order valence-electron chi connectivity index (χ4n) is 1.86. The summed E-state index contributed by atoms with van der Waals surface area (Å²) < 4.78 is 0. The average molecular weight is 299 g/mol. The lowest BCUT2D eigenvalue weighted by Gasteiger charge is -2.16. The van der Waals surface area contributed by atoms with Crippen molar-refractivity contribution in [1.29, 1.82) is 0 Å². The molecule has 1 N–H and O–H groups in total. The van der Waals surface area contributed by atoms with Crippen LogP contribution in [0, 0.1) is 11.8 Å². The number of thiophene rings is 1. The summed E-state index contributed by atoms with van der Waals surface area (Å²) >= 11 is 1.59. The second-order valence-electron chi connectivity index (χ2n) is 4.60. The van der Waals surface area contributed by atoms with Crippen LogP contribution in [0.4, 0.5) is 0 Å². The van der Waals surface area contributed by atoms with Crippen molar-refractivity contribution in [2.24, 2.45) is 0 Å². The molecule has 2 aromatic rings. The molecule has 0 saturated carbocycles. The number of hydrogen-bond donors (Lipinski definition) is 1. The number of carbonyl (C=O) groups excluding carboxylic acids is 1. The topological polar surface area (TPSA) is 40.5 Å². The third-order valence-corrected chi connectivity index (χ3v) is 3.81. The maximum atomic E-state index is 12.2. The summed E-state index contributed by atoms with van der Waals surface area (Å²) in [5.74, 6) is 5.90. The molecule has 1 aromatic carbocycles. The first-order valence-corrected chi connectivity index (χ1v) is 7.56. The van der Waals surface area contributed by atoms with Crippen LogP contribution in [0.2, 0.25) is 0 Å². The molecule has 0 radical (unpaired) electrons. The van der Waals surface area contributed by atoms with Crippen LogP contribution in [-0.4, -0.2) is 29.6 Å². The number of rotatable bonds is 4. The quantitative estimate of drug-likeness (QED) is 0.882. The first kappa shape index (κ1) is 15.3. The molecule has 0 aliphatic carbocycles. The molecule has 0 saturated heterocycles. The minimum Gasteiger partial charge on any atom is -0.395 e. The van der Waals surface area contributed by atoms with Crippen molar-refractivity contribution < 1.29 is 9.90 Å². The van der Waals surface area contributed by atoms with Gasteiger partial charge in [-0.2, -0.15) is 0 Å². The molecule has 0 aliphatic rings. The molecule has 1 heterocycles. The van der Waals surface area contributed by atoms with Crippen LogP contribution in [0.1, 0.15) is 27.2 Å². The first-order chi connectivity index (χ1) is 10.2. The summed E-state index contributed by atoms with van der Waals surface area (Å²) in [6.45, 7) is 0.651. The van der Waals surface area contributed by atoms with Gasteiger partial charge < -0.3 is 10.0 Å². The number of aliphatic hydroxyl groups excluding tert-OH is 1. The molecule has 0 bridgehead atoms. The summed E-state index contributed by atoms with van der Waals surface area (Å²) in [5, 5.41) is 10.7. The van der Waals surface area contributed by atoms with E-state index in [0.29, 0.717) is 18.5 Å². The minimum absolute atomic E-state index is 0.0110. The smallest absolute Gasteiger partial charge is 0.253 e. The fraction of sp³-hybridized carbons (Fsp3) is 0.235. The Morgan fingerprint density at radius 3 is 2.81 bits per heavy atom. The molecule has 108 valence electrons. The second-order valence-corrected chi connectivity index (χ2v) is 5.60. The van der Waals surface area contributed by atoms with E-state index >= 15 is 0 Å². The van der Waals surface area contributed by atoms with Gasteiger partial charge in [0.05, 0.1) is 13.2 Å². The van der Waals surface area contributed by atoms with E-state index in [1.54, 1.807) is 23.3 Å². The van der Waals surface area contributed by atoms with E-state index in [2.05, 4.69) is 11.8 Å². The Bertz CT molecular complexity index is 652. The van der Waals surface area contributed by atoms with Crippen LogP contribution in [0.25, 0.3) is 0 Å². The van der Waals surface area contributed by atoms with Crippen LogP contribution in [0.15, 0.2) is 41.8 Å². The van der Waals surface area contributed by atoms with Crippen molar-refractivity contribution in [3.8, 4) is 11.8 Å². The van der Waals surface area contributed by atoms with Crippen molar-refractivity contribution in [3.05, 3.63) is 57.8 Å². The SMILES string of the molecule is CN(Cc1cc(C#CCCO)cs1)C(=O)c1ccccc1. The normalized spacial score (nSPS) is 9.81. The van der Waals surface area contributed by atoms with E-state index in [0.717, 1.165) is 10.4 Å². The van der Waals surface area contributed by atoms with Gasteiger partial charge in [-0.25, -0.2) is 0 Å². The molecule has 21 heavy (non-hydrogen) atoms. The molecule has 1 aromatic heterocycles. The Hall–Kier alpha value is -2.09. The van der Waals surface area contributed by atoms with Gasteiger partial charge in [-0.3, -0.25) is 4.79 Å². The largest absolute Gasteiger partial charge is 0.395 e. The maximum Gasteiger partial charge on any atom is 0.253 e. The van der Waals surface area contributed by atoms with Gasteiger partial charge in [0.15, 0.2) is 0 Å². The van der Waals surface area contributed by atoms with Crippen molar-refractivity contribution in [2.45, 2.75) is 13.0 Å². The van der Waals surface area contributed by atoms with Crippen LogP contribution in [0.5, 0.6) is 0 Å². The number of nitrogens with zero attached hydrogens (tertiary/aromatic N) is 1. The fourth-order valence-corrected chi connectivity index (χ4v) is 2.72. The van der Waals surface area contributed by atoms with Gasteiger partial charge in [-0.05, 0) is 18.2 Å². The molecule has 0 spiro atoms. The molecule has 2 rings (SSSR count). The first-order valence-electron chi connectivity index (χ1n) is 6.68. The summed E-state index contributed by atoms with van der Waals surface area (Å²) in [5.41, 5.74) is 1.63. The summed E-state index contributed by atoms with van der Waals surface area (Å²) in [6, 6.07) is 11.2. The van der Waals surface area contributed by atoms with Crippen LogP contribution < -0.4 is 0 Å². The molecule has 0 aliphatic heterocycles. The van der Waals surface area contributed by atoms with E-state index < -0.39 is 0 Å². The third-order valence-electron chi connectivity index (χ3n) is 2.88. The average Bonchev–Trinajstić information content (AvgIpc) is 2.95. The maximum absolute atomic E-state index is 12.2. The number of amides is 1. The Labute approximate surface area is 128 Å². The molecule has 4 heteroatoms. The summed E-state index contributed by atoms with van der Waals surface area (Å²) in [7, 11) is 1.80. The highest BCUT2D eigenvalue weighted by Crippen LogP contribution is 2.16. The van der Waals surface area contributed by atoms with Crippen LogP contribution in [-0.2, 0) is 6.54 Å². The van der Waals surface area contributed by atoms with Gasteiger partial charge in [-0.1, -0.05) is 30.0 Å². The Kier molecular flexibility index (Phi) is 5.56. The van der Waals surface area contributed by atoms with E-state index in [9.17, 15) is 4.79 Å². The van der Waals surface area contributed by atoms with Crippen LogP contribution >= 0.6 is 11.3 Å². The lowest BCUT2D eigenvalue weighted by atomic mass is 10.2. The van der Waals surface area contributed by atoms with Gasteiger partial charge in [0.25, 0.3) is 5.91 Å².